The molecule has 0 saturated heterocycles. The fraction of sp³-hybridized carbons (Fsp3) is 0.316. The van der Waals surface area contributed by atoms with Gasteiger partial charge in [0.05, 0.1) is 22.7 Å². The molecule has 0 saturated carbocycles. The van der Waals surface area contributed by atoms with Crippen molar-refractivity contribution < 1.29 is 13.6 Å². The number of halogens is 2. The van der Waals surface area contributed by atoms with E-state index >= 15 is 0 Å². The summed E-state index contributed by atoms with van der Waals surface area (Å²) < 4.78 is 27.4. The SMILES string of the molecule is Cc1nc(CN(C)C)sc1-c1csc(CC(=O)Cc2c(F)cccc2F)n1. The van der Waals surface area contributed by atoms with Gasteiger partial charge in [0, 0.05) is 23.9 Å². The monoisotopic (exact) mass is 407 g/mol. The Bertz CT molecular complexity index is 946. The summed E-state index contributed by atoms with van der Waals surface area (Å²) >= 11 is 2.96. The number of carbonyl (C=O) groups is 1. The summed E-state index contributed by atoms with van der Waals surface area (Å²) in [5, 5.41) is 3.54. The maximum atomic E-state index is 13.7. The van der Waals surface area contributed by atoms with Crippen LogP contribution in [0.1, 0.15) is 21.3 Å². The summed E-state index contributed by atoms with van der Waals surface area (Å²) in [4.78, 5) is 24.4. The maximum Gasteiger partial charge on any atom is 0.144 e. The lowest BCUT2D eigenvalue weighted by molar-refractivity contribution is -0.117. The number of hydrogen-bond acceptors (Lipinski definition) is 6. The molecule has 0 radical (unpaired) electrons. The second kappa shape index (κ2) is 8.33. The maximum absolute atomic E-state index is 13.7. The highest BCUT2D eigenvalue weighted by Gasteiger charge is 2.17. The van der Waals surface area contributed by atoms with Crippen LogP contribution in [0.15, 0.2) is 23.6 Å². The third-order valence-electron chi connectivity index (χ3n) is 3.86. The Labute approximate surface area is 164 Å². The van der Waals surface area contributed by atoms with Crippen molar-refractivity contribution in [3.63, 3.8) is 0 Å². The van der Waals surface area contributed by atoms with Gasteiger partial charge in [-0.05, 0) is 33.2 Å². The number of benzene rings is 1. The van der Waals surface area contributed by atoms with E-state index in [4.69, 9.17) is 0 Å². The van der Waals surface area contributed by atoms with E-state index in [1.165, 1.54) is 17.4 Å². The van der Waals surface area contributed by atoms with Gasteiger partial charge in [-0.25, -0.2) is 18.7 Å². The molecule has 0 fully saturated rings. The minimum Gasteiger partial charge on any atom is -0.303 e. The molecule has 0 atom stereocenters. The van der Waals surface area contributed by atoms with Crippen LogP contribution in [-0.2, 0) is 24.2 Å². The number of aromatic nitrogens is 2. The van der Waals surface area contributed by atoms with Crippen LogP contribution >= 0.6 is 22.7 Å². The van der Waals surface area contributed by atoms with Crippen molar-refractivity contribution >= 4 is 28.5 Å². The summed E-state index contributed by atoms with van der Waals surface area (Å²) in [6.07, 6.45) is -0.221. The van der Waals surface area contributed by atoms with Gasteiger partial charge >= 0.3 is 0 Å². The number of ketones is 1. The Kier molecular flexibility index (Phi) is 6.08. The second-order valence-electron chi connectivity index (χ2n) is 6.48. The van der Waals surface area contributed by atoms with Gasteiger partial charge in [0.25, 0.3) is 0 Å². The van der Waals surface area contributed by atoms with Gasteiger partial charge < -0.3 is 4.90 Å². The number of carbonyl (C=O) groups excluding carboxylic acids is 1. The van der Waals surface area contributed by atoms with Crippen LogP contribution in [0.3, 0.4) is 0 Å². The average molecular weight is 408 g/mol. The second-order valence-corrected chi connectivity index (χ2v) is 8.51. The summed E-state index contributed by atoms with van der Waals surface area (Å²) in [6.45, 7) is 2.70. The number of nitrogens with zero attached hydrogens (tertiary/aromatic N) is 3. The lowest BCUT2D eigenvalue weighted by Gasteiger charge is -2.04. The Morgan fingerprint density at radius 1 is 1.11 bits per heavy atom. The van der Waals surface area contributed by atoms with Crippen molar-refractivity contribution in [1.82, 2.24) is 14.9 Å². The molecule has 0 aliphatic rings. The van der Waals surface area contributed by atoms with Gasteiger partial charge in [0.1, 0.15) is 27.4 Å². The van der Waals surface area contributed by atoms with E-state index in [2.05, 4.69) is 14.9 Å². The largest absolute Gasteiger partial charge is 0.303 e. The number of rotatable bonds is 7. The Morgan fingerprint density at radius 2 is 1.81 bits per heavy atom. The van der Waals surface area contributed by atoms with Crippen LogP contribution in [0.5, 0.6) is 0 Å². The van der Waals surface area contributed by atoms with E-state index in [0.29, 0.717) is 5.01 Å². The zero-order valence-corrected chi connectivity index (χ0v) is 16.9. The molecule has 0 aliphatic heterocycles. The highest BCUT2D eigenvalue weighted by molar-refractivity contribution is 7.16. The summed E-state index contributed by atoms with van der Waals surface area (Å²) in [6, 6.07) is 3.60. The molecule has 0 N–H and O–H groups in total. The standard InChI is InChI=1S/C19H19F2N3OS2/c1-11-19(27-18(22-11)9-24(2)3)16-10-26-17(23-16)8-12(25)7-13-14(20)5-4-6-15(13)21/h4-6,10H,7-9H2,1-3H3. The van der Waals surface area contributed by atoms with Crippen molar-refractivity contribution in [3.8, 4) is 10.6 Å². The van der Waals surface area contributed by atoms with Crippen LogP contribution < -0.4 is 0 Å². The predicted octanol–water partition coefficient (Wildman–Crippen LogP) is 4.27. The predicted molar refractivity (Wildman–Crippen MR) is 104 cm³/mol. The molecule has 0 bridgehead atoms. The van der Waals surface area contributed by atoms with Crippen LogP contribution in [0, 0.1) is 18.6 Å². The Balaban J connectivity index is 1.71. The molecule has 8 heteroatoms. The van der Waals surface area contributed by atoms with Crippen LogP contribution in [0.25, 0.3) is 10.6 Å². The number of thiazole rings is 2. The molecule has 0 spiro atoms. The lowest BCUT2D eigenvalue weighted by atomic mass is 10.1. The Morgan fingerprint density at radius 3 is 2.48 bits per heavy atom. The van der Waals surface area contributed by atoms with Crippen LogP contribution in [0.4, 0.5) is 8.78 Å². The van der Waals surface area contributed by atoms with Gasteiger partial charge in [0.15, 0.2) is 0 Å². The highest BCUT2D eigenvalue weighted by Crippen LogP contribution is 2.31. The quantitative estimate of drug-likeness (QED) is 0.587. The fourth-order valence-electron chi connectivity index (χ4n) is 2.65. The first kappa shape index (κ1) is 19.7. The van der Waals surface area contributed by atoms with Crippen molar-refractivity contribution in [2.75, 3.05) is 14.1 Å². The van der Waals surface area contributed by atoms with E-state index < -0.39 is 11.6 Å². The smallest absolute Gasteiger partial charge is 0.144 e. The Hall–Kier alpha value is -2.03. The molecule has 1 aromatic carbocycles. The average Bonchev–Trinajstić information content (AvgIpc) is 3.17. The van der Waals surface area contributed by atoms with Crippen molar-refractivity contribution in [2.24, 2.45) is 0 Å². The first-order valence-corrected chi connectivity index (χ1v) is 10.0. The number of Topliss-reactive ketones (excluding diaryl/α,β-unsaturated/α-hetero) is 1. The zero-order valence-electron chi connectivity index (χ0n) is 15.3. The molecular formula is C19H19F2N3OS2. The summed E-state index contributed by atoms with van der Waals surface area (Å²) in [5.74, 6) is -1.66. The summed E-state index contributed by atoms with van der Waals surface area (Å²) in [7, 11) is 3.97. The first-order chi connectivity index (χ1) is 12.8. The molecule has 3 rings (SSSR count). The number of hydrogen-bond donors (Lipinski definition) is 0. The third kappa shape index (κ3) is 4.82. The van der Waals surface area contributed by atoms with E-state index in [1.54, 1.807) is 11.3 Å². The zero-order chi connectivity index (χ0) is 19.6. The molecule has 2 heterocycles. The molecule has 142 valence electrons. The highest BCUT2D eigenvalue weighted by atomic mass is 32.1. The minimum absolute atomic E-state index is 0.0564. The topological polar surface area (TPSA) is 46.1 Å². The third-order valence-corrected chi connectivity index (χ3v) is 5.87. The molecule has 0 unspecified atom stereocenters. The molecule has 0 amide bonds. The van der Waals surface area contributed by atoms with E-state index in [-0.39, 0.29) is 24.2 Å². The normalized spacial score (nSPS) is 11.3. The molecule has 0 aliphatic carbocycles. The summed E-state index contributed by atoms with van der Waals surface area (Å²) in [5.41, 5.74) is 1.51. The molecule has 3 aromatic rings. The van der Waals surface area contributed by atoms with E-state index in [0.717, 1.165) is 40.0 Å². The lowest BCUT2D eigenvalue weighted by Crippen LogP contribution is -2.10. The van der Waals surface area contributed by atoms with Crippen LogP contribution in [-0.4, -0.2) is 34.7 Å². The van der Waals surface area contributed by atoms with Gasteiger partial charge in [-0.1, -0.05) is 6.07 Å². The van der Waals surface area contributed by atoms with Crippen molar-refractivity contribution in [3.05, 3.63) is 56.5 Å². The van der Waals surface area contributed by atoms with Gasteiger partial charge in [-0.3, -0.25) is 4.79 Å². The molecule has 27 heavy (non-hydrogen) atoms. The van der Waals surface area contributed by atoms with Crippen molar-refractivity contribution in [2.45, 2.75) is 26.3 Å². The molecular weight excluding hydrogens is 388 g/mol. The number of aryl methyl sites for hydroxylation is 1. The minimum atomic E-state index is -0.697. The van der Waals surface area contributed by atoms with Crippen molar-refractivity contribution in [1.29, 1.82) is 0 Å². The van der Waals surface area contributed by atoms with Gasteiger partial charge in [-0.2, -0.15) is 0 Å². The van der Waals surface area contributed by atoms with Crippen LogP contribution in [0.2, 0.25) is 0 Å². The fourth-order valence-corrected chi connectivity index (χ4v) is 4.69. The van der Waals surface area contributed by atoms with E-state index in [1.807, 2.05) is 26.4 Å². The first-order valence-electron chi connectivity index (χ1n) is 8.34. The molecule has 2 aromatic heterocycles. The van der Waals surface area contributed by atoms with Gasteiger partial charge in [-0.15, -0.1) is 22.7 Å². The van der Waals surface area contributed by atoms with E-state index in [9.17, 15) is 13.6 Å². The molecule has 4 nitrogen and oxygen atoms in total. The van der Waals surface area contributed by atoms with Gasteiger partial charge in [0.2, 0.25) is 0 Å².